The Hall–Kier alpha value is -5.52. The number of amides is 2. The van der Waals surface area contributed by atoms with Crippen LogP contribution in [0.5, 0.6) is 5.75 Å². The number of rotatable bonds is 11. The largest absolute Gasteiger partial charge is 0.497 e. The molecule has 0 spiro atoms. The van der Waals surface area contributed by atoms with Gasteiger partial charge in [-0.3, -0.25) is 19.2 Å². The van der Waals surface area contributed by atoms with Gasteiger partial charge in [0, 0.05) is 33.4 Å². The zero-order chi connectivity index (χ0) is 35.1. The van der Waals surface area contributed by atoms with Crippen LogP contribution >= 0.6 is 0 Å². The first kappa shape index (κ1) is 35.3. The fraction of sp³-hybridized carbons (Fsp3) is 0.467. The SMILES string of the molecule is COc1ccc(C2NC(=O)NC(C)=C2C(=O)OCc2cn([C@@H]3O[C@H](COC(C)=O)[C@@H](OC(C)=O)[C@H](OC(C)=O)[C@H]3OC(C)=O)nn2)cc1. The van der Waals surface area contributed by atoms with Crippen LogP contribution in [0.2, 0.25) is 0 Å². The quantitative estimate of drug-likeness (QED) is 0.250. The van der Waals surface area contributed by atoms with E-state index in [-0.39, 0.29) is 23.6 Å². The summed E-state index contributed by atoms with van der Waals surface area (Å²) in [6, 6.07) is 5.45. The first-order valence-corrected chi connectivity index (χ1v) is 14.6. The summed E-state index contributed by atoms with van der Waals surface area (Å²) in [7, 11) is 1.51. The van der Waals surface area contributed by atoms with Gasteiger partial charge in [0.15, 0.2) is 24.5 Å². The van der Waals surface area contributed by atoms with E-state index in [1.807, 2.05) is 0 Å². The number of carbonyl (C=O) groups excluding carboxylic acids is 6. The normalized spacial score (nSPS) is 23.6. The molecule has 18 heteroatoms. The summed E-state index contributed by atoms with van der Waals surface area (Å²) < 4.78 is 39.3. The molecule has 2 aromatic rings. The van der Waals surface area contributed by atoms with E-state index in [2.05, 4.69) is 20.9 Å². The molecule has 0 aliphatic carbocycles. The predicted octanol–water partition coefficient (Wildman–Crippen LogP) is 0.914. The lowest BCUT2D eigenvalue weighted by atomic mass is 9.95. The summed E-state index contributed by atoms with van der Waals surface area (Å²) in [6.07, 6.45) is -5.41. The first-order chi connectivity index (χ1) is 22.8. The molecule has 3 heterocycles. The third-order valence-electron chi connectivity index (χ3n) is 7.07. The number of carbonyl (C=O) groups is 6. The molecule has 1 saturated heterocycles. The number of methoxy groups -OCH3 is 1. The molecule has 0 radical (unpaired) electrons. The second-order valence-electron chi connectivity index (χ2n) is 10.7. The van der Waals surface area contributed by atoms with Crippen LogP contribution in [0.1, 0.15) is 58.1 Å². The standard InChI is InChI=1S/C30H35N5O13/c1-14-23(24(32-30(41)31-14)19-7-9-21(42-6)10-8-19)29(40)44-12-20-11-35(34-33-20)28-27(47-18(5)39)26(46-17(4)38)25(45-16(3)37)22(48-28)13-43-15(2)36/h7-11,22,24-28H,12-13H2,1-6H3,(H2,31,32,41)/t22-,24?,25-,26+,27-,28-/m1/s1. The van der Waals surface area contributed by atoms with E-state index < -0.39 is 79.2 Å². The van der Waals surface area contributed by atoms with Crippen molar-refractivity contribution in [3.05, 3.63) is 53.0 Å². The van der Waals surface area contributed by atoms with Crippen LogP contribution in [0.15, 0.2) is 41.7 Å². The number of urea groups is 1. The van der Waals surface area contributed by atoms with Gasteiger partial charge in [-0.1, -0.05) is 17.3 Å². The van der Waals surface area contributed by atoms with Gasteiger partial charge in [0.25, 0.3) is 0 Å². The van der Waals surface area contributed by atoms with Gasteiger partial charge >= 0.3 is 35.9 Å². The number of esters is 5. The number of allylic oxidation sites excluding steroid dienone is 1. The highest BCUT2D eigenvalue weighted by Gasteiger charge is 2.53. The molecule has 0 bridgehead atoms. The zero-order valence-corrected chi connectivity index (χ0v) is 26.9. The van der Waals surface area contributed by atoms with E-state index in [1.54, 1.807) is 31.2 Å². The Labute approximate surface area is 273 Å². The van der Waals surface area contributed by atoms with Gasteiger partial charge < -0.3 is 43.8 Å². The van der Waals surface area contributed by atoms with Crippen LogP contribution in [0.25, 0.3) is 0 Å². The number of nitrogens with zero attached hydrogens (tertiary/aromatic N) is 3. The Bertz CT molecular complexity index is 1590. The summed E-state index contributed by atoms with van der Waals surface area (Å²) in [5.41, 5.74) is 1.16. The molecule has 1 unspecified atom stereocenters. The first-order valence-electron chi connectivity index (χ1n) is 14.6. The van der Waals surface area contributed by atoms with E-state index in [4.69, 9.17) is 33.2 Å². The van der Waals surface area contributed by atoms with Crippen LogP contribution in [-0.4, -0.2) is 89.0 Å². The van der Waals surface area contributed by atoms with Gasteiger partial charge in [-0.25, -0.2) is 14.3 Å². The van der Waals surface area contributed by atoms with Crippen molar-refractivity contribution in [2.45, 2.75) is 77.9 Å². The molecule has 4 rings (SSSR count). The maximum Gasteiger partial charge on any atom is 0.338 e. The number of hydrogen-bond donors (Lipinski definition) is 2. The molecule has 48 heavy (non-hydrogen) atoms. The van der Waals surface area contributed by atoms with Crippen molar-refractivity contribution >= 4 is 35.9 Å². The highest BCUT2D eigenvalue weighted by Crippen LogP contribution is 2.35. The average Bonchev–Trinajstić information content (AvgIpc) is 3.48. The van der Waals surface area contributed by atoms with Gasteiger partial charge in [0.1, 0.15) is 30.8 Å². The number of hydrogen-bond acceptors (Lipinski definition) is 15. The minimum Gasteiger partial charge on any atom is -0.497 e. The maximum absolute atomic E-state index is 13.4. The molecule has 0 saturated carbocycles. The van der Waals surface area contributed by atoms with Crippen molar-refractivity contribution in [3.8, 4) is 5.75 Å². The van der Waals surface area contributed by atoms with Crippen molar-refractivity contribution in [2.75, 3.05) is 13.7 Å². The van der Waals surface area contributed by atoms with Crippen LogP contribution in [-0.2, 0) is 59.0 Å². The highest BCUT2D eigenvalue weighted by molar-refractivity contribution is 5.95. The molecular formula is C30H35N5O13. The minimum atomic E-state index is -1.42. The Morgan fingerprint density at radius 3 is 2.10 bits per heavy atom. The Morgan fingerprint density at radius 2 is 1.50 bits per heavy atom. The molecule has 2 N–H and O–H groups in total. The van der Waals surface area contributed by atoms with Crippen molar-refractivity contribution < 1.29 is 61.9 Å². The minimum absolute atomic E-state index is 0.128. The summed E-state index contributed by atoms with van der Waals surface area (Å²) in [6.45, 7) is 5.23. The highest BCUT2D eigenvalue weighted by atomic mass is 16.7. The second-order valence-corrected chi connectivity index (χ2v) is 10.7. The second kappa shape index (κ2) is 15.4. The monoisotopic (exact) mass is 673 g/mol. The summed E-state index contributed by atoms with van der Waals surface area (Å²) in [5.74, 6) is -3.20. The van der Waals surface area contributed by atoms with Crippen molar-refractivity contribution in [3.63, 3.8) is 0 Å². The summed E-state index contributed by atoms with van der Waals surface area (Å²) >= 11 is 0. The molecule has 18 nitrogen and oxygen atoms in total. The third-order valence-corrected chi connectivity index (χ3v) is 7.07. The molecule has 258 valence electrons. The smallest absolute Gasteiger partial charge is 0.338 e. The Kier molecular flexibility index (Phi) is 11.3. The maximum atomic E-state index is 13.4. The Balaban J connectivity index is 1.59. The number of aromatic nitrogens is 3. The van der Waals surface area contributed by atoms with Crippen LogP contribution in [0.3, 0.4) is 0 Å². The van der Waals surface area contributed by atoms with E-state index in [9.17, 15) is 28.8 Å². The lowest BCUT2D eigenvalue weighted by Crippen LogP contribution is -2.60. The lowest BCUT2D eigenvalue weighted by Gasteiger charge is -2.44. The molecule has 2 aliphatic heterocycles. The number of ether oxygens (including phenoxy) is 7. The van der Waals surface area contributed by atoms with E-state index >= 15 is 0 Å². The fourth-order valence-electron chi connectivity index (χ4n) is 5.15. The molecule has 1 aromatic carbocycles. The van der Waals surface area contributed by atoms with Gasteiger partial charge in [-0.05, 0) is 24.6 Å². The van der Waals surface area contributed by atoms with E-state index in [1.165, 1.54) is 13.3 Å². The van der Waals surface area contributed by atoms with Crippen LogP contribution < -0.4 is 15.4 Å². The third kappa shape index (κ3) is 8.64. The van der Waals surface area contributed by atoms with Crippen LogP contribution in [0, 0.1) is 0 Å². The summed E-state index contributed by atoms with van der Waals surface area (Å²) in [4.78, 5) is 73.4. The molecule has 2 amide bonds. The average molecular weight is 674 g/mol. The van der Waals surface area contributed by atoms with E-state index in [0.29, 0.717) is 11.3 Å². The fourth-order valence-corrected chi connectivity index (χ4v) is 5.15. The molecule has 1 aromatic heterocycles. The van der Waals surface area contributed by atoms with Gasteiger partial charge in [0.2, 0.25) is 0 Å². The molecule has 6 atom stereocenters. The lowest BCUT2D eigenvalue weighted by molar-refractivity contribution is -0.270. The zero-order valence-electron chi connectivity index (χ0n) is 26.9. The summed E-state index contributed by atoms with van der Waals surface area (Å²) in [5, 5.41) is 13.3. The topological polar surface area (TPSA) is 222 Å². The van der Waals surface area contributed by atoms with E-state index in [0.717, 1.165) is 32.4 Å². The molecular weight excluding hydrogens is 638 g/mol. The predicted molar refractivity (Wildman–Crippen MR) is 157 cm³/mol. The number of benzene rings is 1. The van der Waals surface area contributed by atoms with Gasteiger partial charge in [0.05, 0.1) is 24.9 Å². The number of nitrogens with one attached hydrogen (secondary N) is 2. The van der Waals surface area contributed by atoms with Crippen molar-refractivity contribution in [1.82, 2.24) is 25.6 Å². The van der Waals surface area contributed by atoms with Crippen LogP contribution in [0.4, 0.5) is 4.79 Å². The van der Waals surface area contributed by atoms with Crippen molar-refractivity contribution in [2.24, 2.45) is 0 Å². The van der Waals surface area contributed by atoms with Crippen molar-refractivity contribution in [1.29, 1.82) is 0 Å². The molecule has 2 aliphatic rings. The molecule has 1 fully saturated rings. The van der Waals surface area contributed by atoms with Gasteiger partial charge in [-0.2, -0.15) is 0 Å². The van der Waals surface area contributed by atoms with Gasteiger partial charge in [-0.15, -0.1) is 5.10 Å². The Morgan fingerprint density at radius 1 is 0.875 bits per heavy atom.